The van der Waals surface area contributed by atoms with Gasteiger partial charge < -0.3 is 15.1 Å². The number of halogens is 1. The molecular formula is C21H17ClN2O3. The van der Waals surface area contributed by atoms with Crippen molar-refractivity contribution >= 4 is 40.9 Å². The van der Waals surface area contributed by atoms with Crippen LogP contribution in [-0.4, -0.2) is 11.8 Å². The van der Waals surface area contributed by atoms with E-state index in [0.29, 0.717) is 27.7 Å². The fourth-order valence-electron chi connectivity index (χ4n) is 2.40. The van der Waals surface area contributed by atoms with Crippen molar-refractivity contribution in [3.05, 3.63) is 88.8 Å². The van der Waals surface area contributed by atoms with Crippen LogP contribution in [0, 0.1) is 6.92 Å². The summed E-state index contributed by atoms with van der Waals surface area (Å²) < 4.78 is 5.13. The second-order valence-electron chi connectivity index (χ2n) is 5.79. The molecule has 3 rings (SSSR count). The van der Waals surface area contributed by atoms with Gasteiger partial charge in [-0.1, -0.05) is 23.7 Å². The molecule has 27 heavy (non-hydrogen) atoms. The van der Waals surface area contributed by atoms with Crippen LogP contribution in [0.5, 0.6) is 0 Å². The van der Waals surface area contributed by atoms with Crippen molar-refractivity contribution in [2.45, 2.75) is 6.92 Å². The molecule has 0 radical (unpaired) electrons. The van der Waals surface area contributed by atoms with Crippen LogP contribution in [0.1, 0.15) is 21.7 Å². The highest BCUT2D eigenvalue weighted by Gasteiger charge is 2.10. The zero-order valence-corrected chi connectivity index (χ0v) is 15.3. The zero-order valence-electron chi connectivity index (χ0n) is 14.5. The van der Waals surface area contributed by atoms with Crippen molar-refractivity contribution in [1.82, 2.24) is 0 Å². The Kier molecular flexibility index (Phi) is 5.74. The standard InChI is InChI=1S/C21H17ClN2O3/c1-14-18(22)8-3-9-19(14)24-21(26)15-5-2-6-16(13-15)23-20(25)11-10-17-7-4-12-27-17/h2-13H,1H3,(H,23,25)(H,24,26)/b11-10+. The number of rotatable bonds is 5. The highest BCUT2D eigenvalue weighted by atomic mass is 35.5. The van der Waals surface area contributed by atoms with E-state index in [1.165, 1.54) is 12.3 Å². The van der Waals surface area contributed by atoms with Gasteiger partial charge in [0.1, 0.15) is 5.76 Å². The second-order valence-corrected chi connectivity index (χ2v) is 6.19. The lowest BCUT2D eigenvalue weighted by atomic mass is 10.1. The Morgan fingerprint density at radius 3 is 2.63 bits per heavy atom. The minimum atomic E-state index is -0.324. The third-order valence-corrected chi connectivity index (χ3v) is 4.26. The summed E-state index contributed by atoms with van der Waals surface area (Å²) in [6.45, 7) is 1.83. The molecule has 5 nitrogen and oxygen atoms in total. The highest BCUT2D eigenvalue weighted by molar-refractivity contribution is 6.31. The van der Waals surface area contributed by atoms with E-state index in [9.17, 15) is 9.59 Å². The predicted molar refractivity (Wildman–Crippen MR) is 107 cm³/mol. The average molecular weight is 381 g/mol. The topological polar surface area (TPSA) is 71.3 Å². The summed E-state index contributed by atoms with van der Waals surface area (Å²) in [4.78, 5) is 24.5. The van der Waals surface area contributed by atoms with Gasteiger partial charge in [0.15, 0.2) is 0 Å². The first-order valence-electron chi connectivity index (χ1n) is 8.22. The molecule has 0 aliphatic carbocycles. The van der Waals surface area contributed by atoms with Gasteiger partial charge in [0, 0.05) is 28.0 Å². The van der Waals surface area contributed by atoms with Crippen molar-refractivity contribution in [3.63, 3.8) is 0 Å². The van der Waals surface area contributed by atoms with Crippen molar-refractivity contribution in [2.24, 2.45) is 0 Å². The van der Waals surface area contributed by atoms with Crippen LogP contribution in [0.2, 0.25) is 5.02 Å². The number of anilines is 2. The molecule has 0 unspecified atom stereocenters. The highest BCUT2D eigenvalue weighted by Crippen LogP contribution is 2.23. The normalized spacial score (nSPS) is 10.7. The van der Waals surface area contributed by atoms with Gasteiger partial charge in [0.25, 0.3) is 5.91 Å². The largest absolute Gasteiger partial charge is 0.465 e. The number of benzene rings is 2. The number of carbonyl (C=O) groups excluding carboxylic acids is 2. The van der Waals surface area contributed by atoms with Crippen LogP contribution in [0.3, 0.4) is 0 Å². The molecule has 0 atom stereocenters. The molecule has 2 amide bonds. The van der Waals surface area contributed by atoms with Crippen LogP contribution in [0.25, 0.3) is 6.08 Å². The summed E-state index contributed by atoms with van der Waals surface area (Å²) in [5, 5.41) is 6.13. The van der Waals surface area contributed by atoms with Gasteiger partial charge in [-0.05, 0) is 61.0 Å². The van der Waals surface area contributed by atoms with Crippen LogP contribution in [0.15, 0.2) is 71.4 Å². The molecule has 2 aromatic carbocycles. The summed E-state index contributed by atoms with van der Waals surface area (Å²) in [7, 11) is 0. The molecule has 0 saturated carbocycles. The molecule has 0 aliphatic rings. The van der Waals surface area contributed by atoms with Crippen LogP contribution in [0.4, 0.5) is 11.4 Å². The van der Waals surface area contributed by atoms with E-state index >= 15 is 0 Å². The summed E-state index contributed by atoms with van der Waals surface area (Å²) >= 11 is 6.08. The molecule has 0 bridgehead atoms. The van der Waals surface area contributed by atoms with E-state index in [1.807, 2.05) is 6.92 Å². The van der Waals surface area contributed by atoms with Gasteiger partial charge >= 0.3 is 0 Å². The SMILES string of the molecule is Cc1c(Cl)cccc1NC(=O)c1cccc(NC(=O)/C=C/c2ccco2)c1. The Labute approximate surface area is 161 Å². The Hall–Kier alpha value is -3.31. The number of carbonyl (C=O) groups is 2. The molecule has 2 N–H and O–H groups in total. The van der Waals surface area contributed by atoms with E-state index in [2.05, 4.69) is 10.6 Å². The van der Waals surface area contributed by atoms with Crippen molar-refractivity contribution in [1.29, 1.82) is 0 Å². The zero-order chi connectivity index (χ0) is 19.2. The van der Waals surface area contributed by atoms with Gasteiger partial charge in [0.05, 0.1) is 6.26 Å². The van der Waals surface area contributed by atoms with E-state index in [-0.39, 0.29) is 11.8 Å². The summed E-state index contributed by atoms with van der Waals surface area (Å²) in [6.07, 6.45) is 4.45. The third kappa shape index (κ3) is 4.86. The summed E-state index contributed by atoms with van der Waals surface area (Å²) in [5.74, 6) is -0.0348. The van der Waals surface area contributed by atoms with E-state index in [4.69, 9.17) is 16.0 Å². The maximum Gasteiger partial charge on any atom is 0.255 e. The lowest BCUT2D eigenvalue weighted by molar-refractivity contribution is -0.111. The fraction of sp³-hybridized carbons (Fsp3) is 0.0476. The van der Waals surface area contributed by atoms with Crippen molar-refractivity contribution in [3.8, 4) is 0 Å². The average Bonchev–Trinajstić information content (AvgIpc) is 3.18. The maximum atomic E-state index is 12.5. The first-order valence-corrected chi connectivity index (χ1v) is 8.60. The molecule has 0 spiro atoms. The van der Waals surface area contributed by atoms with Gasteiger partial charge in [0.2, 0.25) is 5.91 Å². The van der Waals surface area contributed by atoms with Crippen LogP contribution in [-0.2, 0) is 4.79 Å². The number of furan rings is 1. The molecule has 0 saturated heterocycles. The van der Waals surface area contributed by atoms with Crippen LogP contribution >= 0.6 is 11.6 Å². The van der Waals surface area contributed by atoms with Gasteiger partial charge in [-0.2, -0.15) is 0 Å². The summed E-state index contributed by atoms with van der Waals surface area (Å²) in [5.41, 5.74) is 2.37. The molecule has 3 aromatic rings. The Morgan fingerprint density at radius 1 is 1.04 bits per heavy atom. The van der Waals surface area contributed by atoms with Gasteiger partial charge in [-0.3, -0.25) is 9.59 Å². The second kappa shape index (κ2) is 8.38. The molecule has 136 valence electrons. The quantitative estimate of drug-likeness (QED) is 0.601. The van der Waals surface area contributed by atoms with E-state index < -0.39 is 0 Å². The minimum Gasteiger partial charge on any atom is -0.465 e. The lowest BCUT2D eigenvalue weighted by Crippen LogP contribution is -2.14. The van der Waals surface area contributed by atoms with E-state index in [0.717, 1.165) is 5.56 Å². The number of amides is 2. The smallest absolute Gasteiger partial charge is 0.255 e. The maximum absolute atomic E-state index is 12.5. The molecular weight excluding hydrogens is 364 g/mol. The van der Waals surface area contributed by atoms with Crippen LogP contribution < -0.4 is 10.6 Å². The molecule has 1 heterocycles. The lowest BCUT2D eigenvalue weighted by Gasteiger charge is -2.10. The molecule has 0 fully saturated rings. The van der Waals surface area contributed by atoms with Gasteiger partial charge in [-0.15, -0.1) is 0 Å². The fourth-order valence-corrected chi connectivity index (χ4v) is 2.58. The van der Waals surface area contributed by atoms with E-state index in [1.54, 1.807) is 60.7 Å². The third-order valence-electron chi connectivity index (χ3n) is 3.85. The Morgan fingerprint density at radius 2 is 1.85 bits per heavy atom. The monoisotopic (exact) mass is 380 g/mol. The van der Waals surface area contributed by atoms with Crippen molar-refractivity contribution < 1.29 is 14.0 Å². The first-order chi connectivity index (χ1) is 13.0. The van der Waals surface area contributed by atoms with Crippen molar-refractivity contribution in [2.75, 3.05) is 10.6 Å². The Bertz CT molecular complexity index is 994. The number of hydrogen-bond acceptors (Lipinski definition) is 3. The first kappa shape index (κ1) is 18.5. The molecule has 6 heteroatoms. The number of hydrogen-bond donors (Lipinski definition) is 2. The van der Waals surface area contributed by atoms with Gasteiger partial charge in [-0.25, -0.2) is 0 Å². The molecule has 0 aliphatic heterocycles. The minimum absolute atomic E-state index is 0.289. The molecule has 1 aromatic heterocycles. The predicted octanol–water partition coefficient (Wildman–Crippen LogP) is 5.15. The Balaban J connectivity index is 1.68. The summed E-state index contributed by atoms with van der Waals surface area (Å²) in [6, 6.07) is 15.5. The number of nitrogens with one attached hydrogen (secondary N) is 2.